The summed E-state index contributed by atoms with van der Waals surface area (Å²) >= 11 is 0. The molecule has 6 N–H and O–H groups in total. The first-order valence-corrected chi connectivity index (χ1v) is 11.0. The van der Waals surface area contributed by atoms with Gasteiger partial charge < -0.3 is 17.2 Å². The molecule has 0 rings (SSSR count). The molecule has 0 saturated carbocycles. The van der Waals surface area contributed by atoms with Crippen molar-refractivity contribution >= 4 is 18.2 Å². The second kappa shape index (κ2) is 37.7. The Hall–Kier alpha value is -1.98. The SMILES string of the molecule is NCCCCCCN.NCCCCCCN=C=O.O=C=NCCCCCCN=C=O. The Morgan fingerprint density at radius 2 is 0.633 bits per heavy atom. The second-order valence-corrected chi connectivity index (χ2v) is 6.53. The van der Waals surface area contributed by atoms with E-state index >= 15 is 0 Å². The van der Waals surface area contributed by atoms with Crippen LogP contribution in [0, 0.1) is 0 Å². The number of carbonyl (C=O) groups excluding carboxylic acids is 3. The molecule has 0 radical (unpaired) electrons. The molecule has 0 unspecified atom stereocenters. The van der Waals surface area contributed by atoms with E-state index in [2.05, 4.69) is 15.0 Å². The first kappa shape index (κ1) is 32.7. The smallest absolute Gasteiger partial charge is 0.234 e. The van der Waals surface area contributed by atoms with Crippen LogP contribution in [0.25, 0.3) is 0 Å². The van der Waals surface area contributed by atoms with Gasteiger partial charge in [-0.15, -0.1) is 0 Å². The molecule has 0 aromatic rings. The molecule has 174 valence electrons. The summed E-state index contributed by atoms with van der Waals surface area (Å²) in [6.45, 7) is 4.14. The normalized spacial score (nSPS) is 8.90. The number of nitrogens with zero attached hydrogens (tertiary/aromatic N) is 3. The van der Waals surface area contributed by atoms with Crippen LogP contribution < -0.4 is 17.2 Å². The summed E-state index contributed by atoms with van der Waals surface area (Å²) in [5, 5.41) is 0. The van der Waals surface area contributed by atoms with Gasteiger partial charge in [0.25, 0.3) is 0 Å². The minimum absolute atomic E-state index is 0.556. The summed E-state index contributed by atoms with van der Waals surface area (Å²) in [5.74, 6) is 0. The van der Waals surface area contributed by atoms with E-state index < -0.39 is 0 Å². The van der Waals surface area contributed by atoms with Gasteiger partial charge in [-0.05, 0) is 58.2 Å². The van der Waals surface area contributed by atoms with E-state index in [0.29, 0.717) is 19.6 Å². The molecule has 0 aliphatic heterocycles. The average Bonchev–Trinajstić information content (AvgIpc) is 2.77. The Morgan fingerprint density at radius 3 is 0.833 bits per heavy atom. The second-order valence-electron chi connectivity index (χ2n) is 6.53. The van der Waals surface area contributed by atoms with Crippen molar-refractivity contribution in [1.82, 2.24) is 0 Å². The molecule has 0 saturated heterocycles. The van der Waals surface area contributed by atoms with Crippen molar-refractivity contribution < 1.29 is 14.4 Å². The van der Waals surface area contributed by atoms with Crippen LogP contribution in [0.5, 0.6) is 0 Å². The first-order valence-electron chi connectivity index (χ1n) is 11.0. The standard InChI is InChI=1S/C8H12N2O2.C7H14N2O.C6H16N2/c11-7-9-5-3-1-2-4-6-10-8-12;8-5-3-1-2-4-6-9-7-10;7-5-3-1-2-4-6-8/h1-6H2;1-6,8H2;1-8H2. The van der Waals surface area contributed by atoms with Crippen LogP contribution >= 0.6 is 0 Å². The van der Waals surface area contributed by atoms with Crippen LogP contribution in [0.15, 0.2) is 15.0 Å². The molecule has 0 atom stereocenters. The maximum atomic E-state index is 9.63. The van der Waals surface area contributed by atoms with Gasteiger partial charge in [-0.3, -0.25) is 0 Å². The highest BCUT2D eigenvalue weighted by molar-refractivity contribution is 5.33. The summed E-state index contributed by atoms with van der Waals surface area (Å²) in [5.41, 5.74) is 15.8. The van der Waals surface area contributed by atoms with Gasteiger partial charge in [0.15, 0.2) is 0 Å². The number of nitrogens with two attached hydrogens (primary N) is 3. The summed E-state index contributed by atoms with van der Waals surface area (Å²) in [4.78, 5) is 39.1. The molecule has 0 spiro atoms. The van der Waals surface area contributed by atoms with Crippen molar-refractivity contribution in [2.75, 3.05) is 39.3 Å². The molecule has 9 heteroatoms. The topological polar surface area (TPSA) is 166 Å². The van der Waals surface area contributed by atoms with Gasteiger partial charge in [0.1, 0.15) is 0 Å². The van der Waals surface area contributed by atoms with E-state index in [9.17, 15) is 14.4 Å². The Kier molecular flexibility index (Phi) is 41.1. The van der Waals surface area contributed by atoms with Gasteiger partial charge in [0, 0.05) is 0 Å². The predicted octanol–water partition coefficient (Wildman–Crippen LogP) is 2.52. The summed E-state index contributed by atoms with van der Waals surface area (Å²) in [7, 11) is 0. The van der Waals surface area contributed by atoms with Gasteiger partial charge in [-0.2, -0.15) is 0 Å². The van der Waals surface area contributed by atoms with Crippen LogP contribution in [-0.4, -0.2) is 57.5 Å². The number of aliphatic imine (C=N–C) groups is 3. The average molecular weight is 427 g/mol. The Balaban J connectivity index is -0.000000372. The highest BCUT2D eigenvalue weighted by atomic mass is 16.1. The summed E-state index contributed by atoms with van der Waals surface area (Å²) < 4.78 is 0. The van der Waals surface area contributed by atoms with Crippen molar-refractivity contribution in [2.24, 2.45) is 32.2 Å². The van der Waals surface area contributed by atoms with E-state index in [0.717, 1.165) is 83.8 Å². The molecule has 0 aromatic carbocycles. The van der Waals surface area contributed by atoms with E-state index in [4.69, 9.17) is 17.2 Å². The fourth-order valence-electron chi connectivity index (χ4n) is 2.20. The van der Waals surface area contributed by atoms with Crippen molar-refractivity contribution in [1.29, 1.82) is 0 Å². The first-order chi connectivity index (χ1) is 14.7. The van der Waals surface area contributed by atoms with Gasteiger partial charge in [-0.25, -0.2) is 29.4 Å². The Labute approximate surface area is 181 Å². The number of isocyanates is 3. The van der Waals surface area contributed by atoms with Gasteiger partial charge in [0.05, 0.1) is 19.6 Å². The zero-order valence-corrected chi connectivity index (χ0v) is 18.5. The van der Waals surface area contributed by atoms with E-state index in [1.54, 1.807) is 0 Å². The number of hydrogen-bond acceptors (Lipinski definition) is 9. The fraction of sp³-hybridized carbons (Fsp3) is 0.857. The lowest BCUT2D eigenvalue weighted by atomic mass is 10.2. The van der Waals surface area contributed by atoms with Crippen molar-refractivity contribution in [2.45, 2.75) is 77.0 Å². The quantitative estimate of drug-likeness (QED) is 0.173. The van der Waals surface area contributed by atoms with E-state index in [1.807, 2.05) is 0 Å². The lowest BCUT2D eigenvalue weighted by Gasteiger charge is -1.94. The van der Waals surface area contributed by atoms with Gasteiger partial charge in [0.2, 0.25) is 18.2 Å². The molecular weight excluding hydrogens is 384 g/mol. The monoisotopic (exact) mass is 426 g/mol. The molecule has 30 heavy (non-hydrogen) atoms. The summed E-state index contributed by atoms with van der Waals surface area (Å²) in [6, 6.07) is 0. The van der Waals surface area contributed by atoms with Crippen LogP contribution in [0.1, 0.15) is 77.0 Å². The molecule has 0 bridgehead atoms. The van der Waals surface area contributed by atoms with Crippen LogP contribution in [0.2, 0.25) is 0 Å². The lowest BCUT2D eigenvalue weighted by Crippen LogP contribution is -2.00. The molecule has 9 nitrogen and oxygen atoms in total. The molecule has 0 fully saturated rings. The minimum Gasteiger partial charge on any atom is -0.330 e. The maximum absolute atomic E-state index is 9.63. The lowest BCUT2D eigenvalue weighted by molar-refractivity contribution is 0.558. The molecule has 0 heterocycles. The third-order valence-corrected chi connectivity index (χ3v) is 3.87. The van der Waals surface area contributed by atoms with Crippen LogP contribution in [0.3, 0.4) is 0 Å². The van der Waals surface area contributed by atoms with Crippen LogP contribution in [0.4, 0.5) is 0 Å². The highest BCUT2D eigenvalue weighted by Crippen LogP contribution is 1.99. The maximum Gasteiger partial charge on any atom is 0.234 e. The Morgan fingerprint density at radius 1 is 0.400 bits per heavy atom. The van der Waals surface area contributed by atoms with E-state index in [1.165, 1.54) is 31.1 Å². The highest BCUT2D eigenvalue weighted by Gasteiger charge is 1.88. The molecule has 0 aromatic heterocycles. The zero-order chi connectivity index (χ0) is 23.0. The van der Waals surface area contributed by atoms with Crippen molar-refractivity contribution in [3.05, 3.63) is 0 Å². The van der Waals surface area contributed by atoms with Crippen LogP contribution in [-0.2, 0) is 14.4 Å². The molecule has 0 aliphatic carbocycles. The molecular formula is C21H42N6O3. The largest absolute Gasteiger partial charge is 0.330 e. The fourth-order valence-corrected chi connectivity index (χ4v) is 2.20. The number of rotatable bonds is 18. The third-order valence-electron chi connectivity index (χ3n) is 3.87. The van der Waals surface area contributed by atoms with Crippen molar-refractivity contribution in [3.8, 4) is 0 Å². The molecule has 0 amide bonds. The van der Waals surface area contributed by atoms with Crippen molar-refractivity contribution in [3.63, 3.8) is 0 Å². The number of hydrogen-bond donors (Lipinski definition) is 3. The number of unbranched alkanes of at least 4 members (excludes halogenated alkanes) is 9. The zero-order valence-electron chi connectivity index (χ0n) is 18.5. The van der Waals surface area contributed by atoms with Gasteiger partial charge >= 0.3 is 0 Å². The predicted molar refractivity (Wildman–Crippen MR) is 122 cm³/mol. The van der Waals surface area contributed by atoms with Gasteiger partial charge in [-0.1, -0.05) is 38.5 Å². The third kappa shape index (κ3) is 45.0. The summed E-state index contributed by atoms with van der Waals surface area (Å²) in [6.07, 6.45) is 17.4. The Bertz CT molecular complexity index is 430. The van der Waals surface area contributed by atoms with E-state index in [-0.39, 0.29) is 0 Å². The minimum atomic E-state index is 0.556. The molecule has 0 aliphatic rings.